The number of carbonyl (C=O) groups is 2. The van der Waals surface area contributed by atoms with E-state index in [0.717, 1.165) is 38.6 Å². The summed E-state index contributed by atoms with van der Waals surface area (Å²) in [7, 11) is 0. The third-order valence-electron chi connectivity index (χ3n) is 4.21. The summed E-state index contributed by atoms with van der Waals surface area (Å²) < 4.78 is 0. The van der Waals surface area contributed by atoms with E-state index < -0.39 is 0 Å². The van der Waals surface area contributed by atoms with Gasteiger partial charge in [-0.2, -0.15) is 0 Å². The van der Waals surface area contributed by atoms with Crippen LogP contribution in [0.25, 0.3) is 0 Å². The number of carbonyl (C=O) groups excluding carboxylic acids is 2. The molecule has 0 aromatic rings. The number of nitrogens with zero attached hydrogens (tertiary/aromatic N) is 1. The molecule has 4 nitrogen and oxygen atoms in total. The number of fused-ring (bicyclic) bond motifs is 1. The maximum absolute atomic E-state index is 12.3. The number of piperidine rings is 1. The van der Waals surface area contributed by atoms with Crippen molar-refractivity contribution in [3.63, 3.8) is 0 Å². The van der Waals surface area contributed by atoms with Gasteiger partial charge in [-0.15, -0.1) is 0 Å². The second-order valence-electron chi connectivity index (χ2n) is 5.15. The van der Waals surface area contributed by atoms with Gasteiger partial charge in [0.05, 0.1) is 12.1 Å². The van der Waals surface area contributed by atoms with Crippen molar-refractivity contribution in [2.45, 2.75) is 56.7 Å². The van der Waals surface area contributed by atoms with Crippen LogP contribution >= 0.6 is 0 Å². The molecule has 0 unspecified atom stereocenters. The molecule has 0 saturated carbocycles. The molecule has 0 aliphatic carbocycles. The molecule has 1 amide bonds. The molecule has 3 fully saturated rings. The van der Waals surface area contributed by atoms with Crippen LogP contribution < -0.4 is 5.32 Å². The summed E-state index contributed by atoms with van der Waals surface area (Å²) in [5, 5.41) is 3.29. The van der Waals surface area contributed by atoms with Crippen molar-refractivity contribution in [3.05, 3.63) is 0 Å². The fraction of sp³-hybridized carbons (Fsp3) is 0.833. The van der Waals surface area contributed by atoms with Crippen molar-refractivity contribution in [2.24, 2.45) is 0 Å². The largest absolute Gasteiger partial charge is 0.328 e. The third kappa shape index (κ3) is 1.47. The summed E-state index contributed by atoms with van der Waals surface area (Å²) in [5.41, 5.74) is 0. The Hall–Kier alpha value is -0.900. The second kappa shape index (κ2) is 3.84. The first-order valence-corrected chi connectivity index (χ1v) is 6.35. The van der Waals surface area contributed by atoms with Gasteiger partial charge < -0.3 is 10.2 Å². The molecule has 0 aromatic carbocycles. The van der Waals surface area contributed by atoms with Gasteiger partial charge in [-0.1, -0.05) is 0 Å². The highest BCUT2D eigenvalue weighted by Crippen LogP contribution is 2.34. The molecule has 0 radical (unpaired) electrons. The number of hydrogen-bond acceptors (Lipinski definition) is 3. The summed E-state index contributed by atoms with van der Waals surface area (Å²) in [6.45, 7) is 0.799. The van der Waals surface area contributed by atoms with E-state index in [1.54, 1.807) is 0 Å². The fourth-order valence-electron chi connectivity index (χ4n) is 3.37. The van der Waals surface area contributed by atoms with Crippen molar-refractivity contribution >= 4 is 11.7 Å². The van der Waals surface area contributed by atoms with Gasteiger partial charge in [0.1, 0.15) is 0 Å². The normalized spacial score (nSPS) is 39.2. The predicted molar refractivity (Wildman–Crippen MR) is 58.9 cm³/mol. The minimum atomic E-state index is -0.0970. The molecule has 3 saturated heterocycles. The highest BCUT2D eigenvalue weighted by molar-refractivity contribution is 5.92. The van der Waals surface area contributed by atoms with Crippen LogP contribution in [-0.4, -0.2) is 41.3 Å². The lowest BCUT2D eigenvalue weighted by atomic mass is 9.98. The van der Waals surface area contributed by atoms with Crippen LogP contribution in [0.5, 0.6) is 0 Å². The first kappa shape index (κ1) is 10.3. The summed E-state index contributed by atoms with van der Waals surface area (Å²) in [5.74, 6) is 0.453. The Kier molecular flexibility index (Phi) is 2.46. The molecule has 0 spiro atoms. The van der Waals surface area contributed by atoms with E-state index in [9.17, 15) is 9.59 Å². The molecule has 3 heterocycles. The van der Waals surface area contributed by atoms with Gasteiger partial charge in [0.2, 0.25) is 5.91 Å². The molecule has 3 aliphatic heterocycles. The minimum Gasteiger partial charge on any atom is -0.328 e. The minimum absolute atomic E-state index is 0.0252. The SMILES string of the molecule is O=C1CCCN[C@@H]2CC[C@@H]3CC[C@@H]1N3C2=O. The van der Waals surface area contributed by atoms with Crippen molar-refractivity contribution < 1.29 is 9.59 Å². The number of ketones is 1. The van der Waals surface area contributed by atoms with Crippen LogP contribution in [0.1, 0.15) is 38.5 Å². The van der Waals surface area contributed by atoms with Crippen LogP contribution in [-0.2, 0) is 9.59 Å². The van der Waals surface area contributed by atoms with Gasteiger partial charge in [0.15, 0.2) is 5.78 Å². The monoisotopic (exact) mass is 222 g/mol. The van der Waals surface area contributed by atoms with E-state index in [2.05, 4.69) is 5.32 Å². The van der Waals surface area contributed by atoms with Crippen LogP contribution in [0.4, 0.5) is 0 Å². The molecule has 0 aromatic heterocycles. The maximum atomic E-state index is 12.3. The lowest BCUT2D eigenvalue weighted by Gasteiger charge is -2.37. The third-order valence-corrected chi connectivity index (χ3v) is 4.21. The molecule has 3 rings (SSSR count). The lowest BCUT2D eigenvalue weighted by molar-refractivity contribution is -0.143. The topological polar surface area (TPSA) is 49.4 Å². The van der Waals surface area contributed by atoms with Crippen LogP contribution in [0, 0.1) is 0 Å². The Bertz CT molecular complexity index is 329. The summed E-state index contributed by atoms with van der Waals surface area (Å²) >= 11 is 0. The average molecular weight is 222 g/mol. The van der Waals surface area contributed by atoms with Gasteiger partial charge in [0, 0.05) is 12.5 Å². The highest BCUT2D eigenvalue weighted by Gasteiger charge is 2.45. The van der Waals surface area contributed by atoms with Crippen LogP contribution in [0.3, 0.4) is 0 Å². The van der Waals surface area contributed by atoms with Crippen molar-refractivity contribution in [1.82, 2.24) is 10.2 Å². The van der Waals surface area contributed by atoms with Gasteiger partial charge in [0.25, 0.3) is 0 Å². The van der Waals surface area contributed by atoms with Gasteiger partial charge in [-0.05, 0) is 38.6 Å². The Morgan fingerprint density at radius 2 is 1.94 bits per heavy atom. The molecule has 88 valence electrons. The standard InChI is InChI=1S/C12H18N2O2/c15-11-2-1-7-13-9-5-3-8-4-6-10(11)14(8)12(9)16/h8-10,13H,1-7H2/t8-,9-,10+/m1/s1. The average Bonchev–Trinajstić information content (AvgIpc) is 2.70. The molecule has 16 heavy (non-hydrogen) atoms. The van der Waals surface area contributed by atoms with Crippen LogP contribution in [0.2, 0.25) is 0 Å². The predicted octanol–water partition coefficient (Wildman–Crippen LogP) is 0.461. The van der Waals surface area contributed by atoms with E-state index in [1.807, 2.05) is 4.90 Å². The van der Waals surface area contributed by atoms with E-state index in [1.165, 1.54) is 0 Å². The van der Waals surface area contributed by atoms with E-state index in [-0.39, 0.29) is 23.8 Å². The lowest BCUT2D eigenvalue weighted by Crippen LogP contribution is -2.55. The zero-order valence-corrected chi connectivity index (χ0v) is 9.45. The van der Waals surface area contributed by atoms with Gasteiger partial charge in [-0.3, -0.25) is 9.59 Å². The Balaban J connectivity index is 1.92. The summed E-state index contributed by atoms with van der Waals surface area (Å²) in [6, 6.07) is 0.223. The Labute approximate surface area is 95.4 Å². The van der Waals surface area contributed by atoms with E-state index in [4.69, 9.17) is 0 Å². The van der Waals surface area contributed by atoms with E-state index >= 15 is 0 Å². The molecule has 3 aliphatic rings. The maximum Gasteiger partial charge on any atom is 0.240 e. The molecular formula is C12H18N2O2. The van der Waals surface area contributed by atoms with E-state index in [0.29, 0.717) is 12.5 Å². The van der Waals surface area contributed by atoms with Crippen molar-refractivity contribution in [2.75, 3.05) is 6.54 Å². The van der Waals surface area contributed by atoms with Gasteiger partial charge in [-0.25, -0.2) is 0 Å². The van der Waals surface area contributed by atoms with Gasteiger partial charge >= 0.3 is 0 Å². The number of hydrogen-bond donors (Lipinski definition) is 1. The number of rotatable bonds is 0. The summed E-state index contributed by atoms with van der Waals surface area (Å²) in [4.78, 5) is 26.1. The zero-order chi connectivity index (χ0) is 11.1. The zero-order valence-electron chi connectivity index (χ0n) is 9.45. The Morgan fingerprint density at radius 1 is 1.12 bits per heavy atom. The highest BCUT2D eigenvalue weighted by atomic mass is 16.2. The first-order chi connectivity index (χ1) is 7.77. The first-order valence-electron chi connectivity index (χ1n) is 6.35. The molecular weight excluding hydrogens is 204 g/mol. The molecule has 1 N–H and O–H groups in total. The fourth-order valence-corrected chi connectivity index (χ4v) is 3.37. The van der Waals surface area contributed by atoms with Crippen LogP contribution in [0.15, 0.2) is 0 Å². The quantitative estimate of drug-likeness (QED) is 0.648. The molecule has 4 heteroatoms. The molecule has 2 bridgehead atoms. The Morgan fingerprint density at radius 3 is 2.81 bits per heavy atom. The summed E-state index contributed by atoms with van der Waals surface area (Å²) in [6.07, 6.45) is 5.42. The second-order valence-corrected chi connectivity index (χ2v) is 5.15. The van der Waals surface area contributed by atoms with Crippen molar-refractivity contribution in [1.29, 1.82) is 0 Å². The number of nitrogens with one attached hydrogen (secondary N) is 1. The number of Topliss-reactive ketones (excluding diaryl/α,β-unsaturated/α-hetero) is 1. The van der Waals surface area contributed by atoms with Crippen molar-refractivity contribution in [3.8, 4) is 0 Å². The molecule has 3 atom stereocenters. The smallest absolute Gasteiger partial charge is 0.240 e. The number of amides is 1.